The summed E-state index contributed by atoms with van der Waals surface area (Å²) in [5.41, 5.74) is 1.00. The lowest BCUT2D eigenvalue weighted by Gasteiger charge is -2.20. The van der Waals surface area contributed by atoms with Gasteiger partial charge < -0.3 is 15.2 Å². The average molecular weight is 303 g/mol. The van der Waals surface area contributed by atoms with Gasteiger partial charge in [0.2, 0.25) is 0 Å². The van der Waals surface area contributed by atoms with Crippen molar-refractivity contribution in [1.29, 1.82) is 0 Å². The van der Waals surface area contributed by atoms with Gasteiger partial charge in [-0.25, -0.2) is 0 Å². The summed E-state index contributed by atoms with van der Waals surface area (Å²) >= 11 is 5.96. The topological polar surface area (TPSA) is 69.2 Å². The lowest BCUT2D eigenvalue weighted by Crippen LogP contribution is -2.34. The predicted octanol–water partition coefficient (Wildman–Crippen LogP) is 1.95. The van der Waals surface area contributed by atoms with Crippen LogP contribution in [0.2, 0.25) is 5.02 Å². The van der Waals surface area contributed by atoms with Gasteiger partial charge in [-0.1, -0.05) is 54.1 Å². The third-order valence-corrected chi connectivity index (χ3v) is 3.33. The van der Waals surface area contributed by atoms with E-state index in [4.69, 9.17) is 11.6 Å². The second-order valence-electron chi connectivity index (χ2n) is 4.49. The Hall–Kier alpha value is -2.33. The predicted molar refractivity (Wildman–Crippen MR) is 77.7 cm³/mol. The monoisotopic (exact) mass is 302 g/mol. The van der Waals surface area contributed by atoms with E-state index >= 15 is 0 Å². The van der Waals surface area contributed by atoms with Crippen LogP contribution in [0.25, 0.3) is 0 Å². The number of amides is 1. The molecule has 0 aromatic heterocycles. The van der Waals surface area contributed by atoms with Crippen LogP contribution in [0.4, 0.5) is 0 Å². The van der Waals surface area contributed by atoms with E-state index in [0.717, 1.165) is 0 Å². The number of aliphatic carboxylic acids is 1. The van der Waals surface area contributed by atoms with Gasteiger partial charge >= 0.3 is 0 Å². The van der Waals surface area contributed by atoms with E-state index in [9.17, 15) is 14.7 Å². The first-order valence-corrected chi connectivity index (χ1v) is 6.76. The number of rotatable bonds is 5. The molecular weight excluding hydrogens is 290 g/mol. The molecule has 1 amide bonds. The molecule has 0 heterocycles. The third-order valence-electron chi connectivity index (χ3n) is 3.00. The Morgan fingerprint density at radius 1 is 1.05 bits per heavy atom. The third kappa shape index (κ3) is 4.07. The molecule has 0 fully saturated rings. The van der Waals surface area contributed by atoms with Crippen LogP contribution in [0.15, 0.2) is 54.6 Å². The lowest BCUT2D eigenvalue weighted by molar-refractivity contribution is -0.306. The molecule has 21 heavy (non-hydrogen) atoms. The molecule has 2 aromatic carbocycles. The van der Waals surface area contributed by atoms with Crippen LogP contribution in [0.5, 0.6) is 0 Å². The average Bonchev–Trinajstić information content (AvgIpc) is 2.47. The fourth-order valence-corrected chi connectivity index (χ4v) is 2.21. The maximum atomic E-state index is 12.2. The van der Waals surface area contributed by atoms with Gasteiger partial charge in [-0.3, -0.25) is 4.79 Å². The standard InChI is InChI=1S/C16H14ClNO3/c17-13-9-5-4-8-12(13)16(21)18-14(10-15(19)20)11-6-2-1-3-7-11/h1-9,14H,10H2,(H,18,21)(H,19,20)/p-1/t14-/m0/s1. The number of hydrogen-bond donors (Lipinski definition) is 1. The van der Waals surface area contributed by atoms with Crippen LogP contribution in [-0.2, 0) is 4.79 Å². The molecule has 0 saturated heterocycles. The quantitative estimate of drug-likeness (QED) is 0.918. The minimum Gasteiger partial charge on any atom is -0.550 e. The Morgan fingerprint density at radius 2 is 1.67 bits per heavy atom. The van der Waals surface area contributed by atoms with E-state index in [2.05, 4.69) is 5.32 Å². The fraction of sp³-hybridized carbons (Fsp3) is 0.125. The van der Waals surface area contributed by atoms with Gasteiger partial charge in [0.15, 0.2) is 0 Å². The molecule has 0 radical (unpaired) electrons. The second-order valence-corrected chi connectivity index (χ2v) is 4.90. The summed E-state index contributed by atoms with van der Waals surface area (Å²) in [5, 5.41) is 13.9. The van der Waals surface area contributed by atoms with E-state index in [-0.39, 0.29) is 6.42 Å². The van der Waals surface area contributed by atoms with Gasteiger partial charge in [-0.2, -0.15) is 0 Å². The number of carbonyl (C=O) groups is 2. The van der Waals surface area contributed by atoms with Crippen molar-refractivity contribution >= 4 is 23.5 Å². The van der Waals surface area contributed by atoms with E-state index in [0.29, 0.717) is 16.1 Å². The van der Waals surface area contributed by atoms with E-state index < -0.39 is 17.9 Å². The molecule has 108 valence electrons. The smallest absolute Gasteiger partial charge is 0.253 e. The zero-order valence-corrected chi connectivity index (χ0v) is 11.8. The zero-order chi connectivity index (χ0) is 15.2. The number of carboxylic acids is 1. The van der Waals surface area contributed by atoms with Crippen LogP contribution in [0.3, 0.4) is 0 Å². The summed E-state index contributed by atoms with van der Waals surface area (Å²) in [7, 11) is 0. The molecule has 0 aliphatic carbocycles. The van der Waals surface area contributed by atoms with Gasteiger partial charge in [0.25, 0.3) is 5.91 Å². The Kier molecular flexibility index (Phi) is 4.95. The minimum atomic E-state index is -1.23. The summed E-state index contributed by atoms with van der Waals surface area (Å²) in [6, 6.07) is 14.8. The van der Waals surface area contributed by atoms with Crippen LogP contribution in [0.1, 0.15) is 28.4 Å². The maximum absolute atomic E-state index is 12.2. The zero-order valence-electron chi connectivity index (χ0n) is 11.1. The van der Waals surface area contributed by atoms with Crippen molar-refractivity contribution in [1.82, 2.24) is 5.32 Å². The molecule has 0 saturated carbocycles. The summed E-state index contributed by atoms with van der Waals surface area (Å²) in [6.07, 6.45) is -0.305. The lowest BCUT2D eigenvalue weighted by atomic mass is 10.0. The van der Waals surface area contributed by atoms with Crippen molar-refractivity contribution in [3.8, 4) is 0 Å². The highest BCUT2D eigenvalue weighted by Gasteiger charge is 2.17. The molecule has 1 N–H and O–H groups in total. The summed E-state index contributed by atoms with van der Waals surface area (Å²) in [5.74, 6) is -1.65. The SMILES string of the molecule is O=C([O-])C[C@H](NC(=O)c1ccccc1Cl)c1ccccc1. The number of halogens is 1. The Bertz CT molecular complexity index is 643. The van der Waals surface area contributed by atoms with E-state index in [1.54, 1.807) is 48.5 Å². The van der Waals surface area contributed by atoms with Gasteiger partial charge in [0.1, 0.15) is 0 Å². The number of nitrogens with one attached hydrogen (secondary N) is 1. The van der Waals surface area contributed by atoms with Gasteiger partial charge in [-0.05, 0) is 17.7 Å². The molecule has 4 nitrogen and oxygen atoms in total. The van der Waals surface area contributed by atoms with E-state index in [1.165, 1.54) is 0 Å². The Morgan fingerprint density at radius 3 is 2.29 bits per heavy atom. The molecule has 0 unspecified atom stereocenters. The van der Waals surface area contributed by atoms with Crippen molar-refractivity contribution in [2.75, 3.05) is 0 Å². The Balaban J connectivity index is 2.21. The van der Waals surface area contributed by atoms with Crippen molar-refractivity contribution in [3.05, 3.63) is 70.7 Å². The second kappa shape index (κ2) is 6.90. The Labute approximate surface area is 127 Å². The van der Waals surface area contributed by atoms with Crippen LogP contribution in [0, 0.1) is 0 Å². The summed E-state index contributed by atoms with van der Waals surface area (Å²) in [6.45, 7) is 0. The van der Waals surface area contributed by atoms with Crippen molar-refractivity contribution in [2.45, 2.75) is 12.5 Å². The molecule has 5 heteroatoms. The molecule has 0 aliphatic heterocycles. The molecule has 0 aliphatic rings. The van der Waals surface area contributed by atoms with Gasteiger partial charge in [-0.15, -0.1) is 0 Å². The van der Waals surface area contributed by atoms with Crippen molar-refractivity contribution < 1.29 is 14.7 Å². The van der Waals surface area contributed by atoms with Crippen molar-refractivity contribution in [3.63, 3.8) is 0 Å². The van der Waals surface area contributed by atoms with Crippen LogP contribution >= 0.6 is 11.6 Å². The first kappa shape index (κ1) is 15.1. The summed E-state index contributed by atoms with van der Waals surface area (Å²) < 4.78 is 0. The van der Waals surface area contributed by atoms with Crippen molar-refractivity contribution in [2.24, 2.45) is 0 Å². The largest absolute Gasteiger partial charge is 0.550 e. The highest BCUT2D eigenvalue weighted by atomic mass is 35.5. The number of benzene rings is 2. The molecule has 0 spiro atoms. The number of hydrogen-bond acceptors (Lipinski definition) is 3. The first-order valence-electron chi connectivity index (χ1n) is 6.38. The minimum absolute atomic E-state index is 0.304. The normalized spacial score (nSPS) is 11.7. The first-order chi connectivity index (χ1) is 10.1. The maximum Gasteiger partial charge on any atom is 0.253 e. The molecule has 0 bridgehead atoms. The number of carboxylic acid groups (broad SMARTS) is 1. The molecule has 1 atom stereocenters. The fourth-order valence-electron chi connectivity index (χ4n) is 1.99. The van der Waals surface area contributed by atoms with Crippen LogP contribution in [-0.4, -0.2) is 11.9 Å². The van der Waals surface area contributed by atoms with Crippen LogP contribution < -0.4 is 10.4 Å². The van der Waals surface area contributed by atoms with Gasteiger partial charge in [0.05, 0.1) is 16.6 Å². The van der Waals surface area contributed by atoms with E-state index in [1.807, 2.05) is 6.07 Å². The molecular formula is C16H13ClNO3-. The highest BCUT2D eigenvalue weighted by Crippen LogP contribution is 2.19. The molecule has 2 aromatic rings. The van der Waals surface area contributed by atoms with Gasteiger partial charge in [0, 0.05) is 12.4 Å². The highest BCUT2D eigenvalue weighted by molar-refractivity contribution is 6.33. The number of carbonyl (C=O) groups excluding carboxylic acids is 2. The molecule has 2 rings (SSSR count). The summed E-state index contributed by atoms with van der Waals surface area (Å²) in [4.78, 5) is 23.1.